The van der Waals surface area contributed by atoms with Crippen LogP contribution in [-0.2, 0) is 18.3 Å². The zero-order valence-corrected chi connectivity index (χ0v) is 12.3. The maximum Gasteiger partial charge on any atom is 0.286 e. The first-order valence-electron chi connectivity index (χ1n) is 4.59. The normalized spacial score (nSPS) is 15.0. The molecule has 0 aromatic carbocycles. The number of rotatable bonds is 3. The molecule has 7 heteroatoms. The van der Waals surface area contributed by atoms with Gasteiger partial charge in [-0.3, -0.25) is 9.19 Å². The van der Waals surface area contributed by atoms with Gasteiger partial charge < -0.3 is 0 Å². The van der Waals surface area contributed by atoms with E-state index in [1.807, 2.05) is 4.08 Å². The largest absolute Gasteiger partial charge is 0.286 e. The summed E-state index contributed by atoms with van der Waals surface area (Å²) in [5.74, 6) is -2.73. The third kappa shape index (κ3) is 4.63. The zero-order valence-electron chi connectivity index (χ0n) is 9.28. The van der Waals surface area contributed by atoms with E-state index >= 15 is 0 Å². The Labute approximate surface area is 107 Å². The lowest BCUT2D eigenvalue weighted by Crippen LogP contribution is -2.10. The van der Waals surface area contributed by atoms with Gasteiger partial charge in [0.2, 0.25) is 0 Å². The summed E-state index contributed by atoms with van der Waals surface area (Å²) in [6.45, 7) is -1.38. The molecule has 1 unspecified atom stereocenters. The monoisotopic (exact) mass is 372 g/mol. The zero-order chi connectivity index (χ0) is 13.1. The fourth-order valence-electron chi connectivity index (χ4n) is 1.17. The van der Waals surface area contributed by atoms with Gasteiger partial charge >= 0.3 is 0 Å². The van der Waals surface area contributed by atoms with Crippen LogP contribution < -0.4 is 0 Å². The molecule has 1 rings (SSSR count). The van der Waals surface area contributed by atoms with Crippen molar-refractivity contribution in [3.05, 3.63) is 29.6 Å². The molecule has 3 nitrogen and oxygen atoms in total. The lowest BCUT2D eigenvalue weighted by atomic mass is 10.2. The molecule has 0 spiro atoms. The van der Waals surface area contributed by atoms with Crippen molar-refractivity contribution in [2.24, 2.45) is 0 Å². The van der Waals surface area contributed by atoms with Gasteiger partial charge in [0, 0.05) is 31.7 Å². The average Bonchev–Trinajstić information content (AvgIpc) is 2.16. The van der Waals surface area contributed by atoms with Crippen LogP contribution in [0.4, 0.5) is 8.78 Å². The van der Waals surface area contributed by atoms with E-state index < -0.39 is 31.8 Å². The second kappa shape index (κ2) is 5.35. The number of pyridine rings is 1. The number of hydrogen-bond donors (Lipinski definition) is 0. The molecule has 1 heterocycles. The van der Waals surface area contributed by atoms with Crippen molar-refractivity contribution >= 4 is 25.8 Å². The average molecular weight is 372 g/mol. The molecular weight excluding hydrogens is 361 g/mol. The van der Waals surface area contributed by atoms with Crippen LogP contribution in [0.25, 0.3) is 0 Å². The number of hydrogen-bond acceptors (Lipinski definition) is 3. The van der Waals surface area contributed by atoms with Crippen molar-refractivity contribution < 1.29 is 13.0 Å². The van der Waals surface area contributed by atoms with E-state index in [-0.39, 0.29) is 11.4 Å². The van der Waals surface area contributed by atoms with E-state index in [0.717, 1.165) is 6.92 Å². The lowest BCUT2D eigenvalue weighted by Gasteiger charge is -2.09. The van der Waals surface area contributed by atoms with E-state index in [2.05, 4.69) is 4.98 Å². The van der Waals surface area contributed by atoms with Gasteiger partial charge in [-0.25, -0.2) is 0 Å². The minimum Gasteiger partial charge on any atom is -0.261 e. The summed E-state index contributed by atoms with van der Waals surface area (Å²) >= 11 is -1.02. The molecule has 0 saturated carbocycles. The highest BCUT2D eigenvalue weighted by Gasteiger charge is 2.25. The highest BCUT2D eigenvalue weighted by molar-refractivity contribution is 14.2. The number of nitriles is 1. The van der Waals surface area contributed by atoms with Gasteiger partial charge in [0.1, 0.15) is 9.77 Å². The van der Waals surface area contributed by atoms with E-state index in [1.54, 1.807) is 6.26 Å². The summed E-state index contributed by atoms with van der Waals surface area (Å²) in [5.41, 5.74) is 0.319. The van der Waals surface area contributed by atoms with Crippen molar-refractivity contribution in [2.75, 3.05) is 6.26 Å². The minimum atomic E-state index is -2.97. The molecule has 0 saturated heterocycles. The van der Waals surface area contributed by atoms with Gasteiger partial charge in [0.05, 0.1) is 19.3 Å². The summed E-state index contributed by atoms with van der Waals surface area (Å²) in [6.07, 6.45) is 2.85. The van der Waals surface area contributed by atoms with Crippen LogP contribution in [0.3, 0.4) is 0 Å². The molecule has 0 aliphatic carbocycles. The van der Waals surface area contributed by atoms with E-state index in [9.17, 15) is 13.0 Å². The lowest BCUT2D eigenvalue weighted by molar-refractivity contribution is 0.0127. The van der Waals surface area contributed by atoms with Gasteiger partial charge in [0.15, 0.2) is 0 Å². The highest BCUT2D eigenvalue weighted by Crippen LogP contribution is 2.25. The van der Waals surface area contributed by atoms with E-state index in [1.165, 1.54) is 18.3 Å². The molecule has 0 aliphatic heterocycles. The predicted molar refractivity (Wildman–Crippen MR) is 71.2 cm³/mol. The maximum atomic E-state index is 12.9. The summed E-state index contributed by atoms with van der Waals surface area (Å²) in [4.78, 5) is 3.65. The molecule has 0 N–H and O–H groups in total. The van der Waals surface area contributed by atoms with E-state index in [0.29, 0.717) is 5.56 Å². The Morgan fingerprint density at radius 1 is 1.59 bits per heavy atom. The second-order valence-electron chi connectivity index (χ2n) is 3.65. The van der Waals surface area contributed by atoms with Crippen LogP contribution in [0.5, 0.6) is 0 Å². The summed E-state index contributed by atoms with van der Waals surface area (Å²) in [5, 5.41) is 8.54. The fourth-order valence-corrected chi connectivity index (χ4v) is 4.93. The molecular formula is C10H11F2IN2OS. The Balaban J connectivity index is 2.95. The molecule has 94 valence electrons. The first kappa shape index (κ1) is 14.4. The molecule has 0 fully saturated rings. The Morgan fingerprint density at radius 2 is 2.24 bits per heavy atom. The highest BCUT2D eigenvalue weighted by atomic mass is 127. The number of nitrogens with zero attached hydrogens (tertiary/aromatic N) is 2. The van der Waals surface area contributed by atoms with Gasteiger partial charge in [-0.15, -0.1) is 0 Å². The van der Waals surface area contributed by atoms with Crippen LogP contribution in [0.15, 0.2) is 18.3 Å². The number of aromatic nitrogens is 1. The van der Waals surface area contributed by atoms with Crippen molar-refractivity contribution in [3.8, 4) is 4.08 Å². The summed E-state index contributed by atoms with van der Waals surface area (Å²) in [6, 6.07) is 2.72. The summed E-state index contributed by atoms with van der Waals surface area (Å²) < 4.78 is 39.6. The molecule has 0 bridgehead atoms. The third-order valence-corrected chi connectivity index (χ3v) is 7.46. The topological polar surface area (TPSA) is 53.8 Å². The maximum absolute atomic E-state index is 12.9. The van der Waals surface area contributed by atoms with Crippen LogP contribution in [0, 0.1) is 9.34 Å². The molecule has 1 aromatic heterocycles. The van der Waals surface area contributed by atoms with Gasteiger partial charge in [-0.2, -0.15) is 14.0 Å². The second-order valence-corrected chi connectivity index (χ2v) is 13.3. The first-order chi connectivity index (χ1) is 7.74. The molecule has 1 atom stereocenters. The van der Waals surface area contributed by atoms with Crippen molar-refractivity contribution in [3.63, 3.8) is 0 Å². The molecule has 17 heavy (non-hydrogen) atoms. The third-order valence-electron chi connectivity index (χ3n) is 1.90. The van der Waals surface area contributed by atoms with Crippen molar-refractivity contribution in [2.45, 2.75) is 18.6 Å². The smallest absolute Gasteiger partial charge is 0.261 e. The molecule has 0 radical (unpaired) electrons. The van der Waals surface area contributed by atoms with Crippen molar-refractivity contribution in [1.82, 2.24) is 4.98 Å². The Kier molecular flexibility index (Phi) is 4.55. The Hall–Kier alpha value is -0.620. The fraction of sp³-hybridized carbons (Fsp3) is 0.400. The van der Waals surface area contributed by atoms with E-state index in [4.69, 9.17) is 5.26 Å². The predicted octanol–water partition coefficient (Wildman–Crippen LogP) is 2.97. The number of alkyl halides is 2. The van der Waals surface area contributed by atoms with Crippen LogP contribution >= 0.6 is 19.3 Å². The van der Waals surface area contributed by atoms with Crippen LogP contribution in [-0.4, -0.2) is 15.4 Å². The molecule has 0 amide bonds. The minimum absolute atomic E-state index is 0.233. The van der Waals surface area contributed by atoms with Gasteiger partial charge in [-0.1, -0.05) is 6.07 Å². The van der Waals surface area contributed by atoms with Gasteiger partial charge in [0.25, 0.3) is 5.92 Å². The standard InChI is InChI=1S/C10H11F2IN2OS/c1-10(11,12)9-4-3-8(5-15-9)6-17(2,16)13-7-14/h3-5H,6H2,1-2H3. The SMILES string of the molecule is CC(F)(F)c1ccc(CS(C)(=O)=IC#N)cn1. The molecule has 1 aromatic rings. The summed E-state index contributed by atoms with van der Waals surface area (Å²) in [7, 11) is 0. The Morgan fingerprint density at radius 3 is 2.65 bits per heavy atom. The first-order valence-corrected chi connectivity index (χ1v) is 10.4. The van der Waals surface area contributed by atoms with Crippen LogP contribution in [0.2, 0.25) is 0 Å². The van der Waals surface area contributed by atoms with Crippen LogP contribution in [0.1, 0.15) is 18.2 Å². The quantitative estimate of drug-likeness (QED) is 0.767. The van der Waals surface area contributed by atoms with Crippen molar-refractivity contribution in [1.29, 1.82) is 5.26 Å². The number of halogens is 3. The van der Waals surface area contributed by atoms with Gasteiger partial charge in [-0.05, 0) is 11.6 Å². The Bertz CT molecular complexity index is 551. The molecule has 0 aliphatic rings.